The van der Waals surface area contributed by atoms with Crippen LogP contribution >= 0.6 is 15.9 Å². The van der Waals surface area contributed by atoms with Crippen LogP contribution in [0.4, 0.5) is 0 Å². The van der Waals surface area contributed by atoms with Gasteiger partial charge in [0.2, 0.25) is 0 Å². The van der Waals surface area contributed by atoms with Gasteiger partial charge < -0.3 is 19.4 Å². The minimum atomic E-state index is -0.116. The standard InChI is InChI=1S/C17H23BrN2O3/c1-11(6-5-7-20(2)3)19-17(21)12-8-14(22-4)13-10-16(18)23-15(13)9-12/h8-11H,5-7H2,1-4H3,(H,19,21). The molecule has 2 aromatic rings. The number of nitrogens with zero attached hydrogens (tertiary/aromatic N) is 1. The average molecular weight is 383 g/mol. The molecule has 0 aliphatic carbocycles. The van der Waals surface area contributed by atoms with Crippen molar-refractivity contribution in [2.24, 2.45) is 0 Å². The second kappa shape index (κ2) is 7.84. The number of carbonyl (C=O) groups excluding carboxylic acids is 1. The molecule has 5 nitrogen and oxygen atoms in total. The number of hydrogen-bond acceptors (Lipinski definition) is 4. The third-order valence-electron chi connectivity index (χ3n) is 3.67. The molecule has 23 heavy (non-hydrogen) atoms. The lowest BCUT2D eigenvalue weighted by Crippen LogP contribution is -2.33. The van der Waals surface area contributed by atoms with Crippen LogP contribution in [-0.2, 0) is 0 Å². The molecule has 1 atom stereocenters. The molecule has 1 N–H and O–H groups in total. The van der Waals surface area contributed by atoms with Crippen LogP contribution in [0, 0.1) is 0 Å². The van der Waals surface area contributed by atoms with Crippen LogP contribution in [0.2, 0.25) is 0 Å². The van der Waals surface area contributed by atoms with E-state index in [9.17, 15) is 4.79 Å². The maximum Gasteiger partial charge on any atom is 0.251 e. The lowest BCUT2D eigenvalue weighted by molar-refractivity contribution is 0.0937. The predicted molar refractivity (Wildman–Crippen MR) is 95.2 cm³/mol. The highest BCUT2D eigenvalue weighted by molar-refractivity contribution is 9.10. The first kappa shape index (κ1) is 17.8. The maximum absolute atomic E-state index is 12.4. The van der Waals surface area contributed by atoms with Crippen LogP contribution < -0.4 is 10.1 Å². The van der Waals surface area contributed by atoms with Crippen molar-refractivity contribution < 1.29 is 13.9 Å². The fourth-order valence-corrected chi connectivity index (χ4v) is 2.87. The normalized spacial score (nSPS) is 12.6. The summed E-state index contributed by atoms with van der Waals surface area (Å²) in [6.45, 7) is 3.03. The highest BCUT2D eigenvalue weighted by Crippen LogP contribution is 2.32. The fourth-order valence-electron chi connectivity index (χ4n) is 2.47. The minimum Gasteiger partial charge on any atom is -0.496 e. The van der Waals surface area contributed by atoms with E-state index in [1.54, 1.807) is 19.2 Å². The Morgan fingerprint density at radius 1 is 1.39 bits per heavy atom. The SMILES string of the molecule is COc1cc(C(=O)NC(C)CCCN(C)C)cc2oc(Br)cc12. The van der Waals surface area contributed by atoms with Gasteiger partial charge in [0.15, 0.2) is 4.67 Å². The van der Waals surface area contributed by atoms with Crippen LogP contribution in [-0.4, -0.2) is 44.6 Å². The molecule has 1 unspecified atom stereocenters. The molecule has 0 saturated heterocycles. The molecule has 0 spiro atoms. The van der Waals surface area contributed by atoms with Crippen LogP contribution in [0.15, 0.2) is 27.3 Å². The van der Waals surface area contributed by atoms with E-state index in [2.05, 4.69) is 26.1 Å². The maximum atomic E-state index is 12.4. The van der Waals surface area contributed by atoms with Crippen molar-refractivity contribution in [1.29, 1.82) is 0 Å². The molecule has 1 aromatic carbocycles. The number of ether oxygens (including phenoxy) is 1. The van der Waals surface area contributed by atoms with Gasteiger partial charge in [-0.25, -0.2) is 0 Å². The van der Waals surface area contributed by atoms with E-state index >= 15 is 0 Å². The first-order valence-corrected chi connectivity index (χ1v) is 8.42. The zero-order valence-corrected chi connectivity index (χ0v) is 15.6. The van der Waals surface area contributed by atoms with Crippen molar-refractivity contribution in [1.82, 2.24) is 10.2 Å². The summed E-state index contributed by atoms with van der Waals surface area (Å²) in [6, 6.07) is 5.43. The summed E-state index contributed by atoms with van der Waals surface area (Å²) >= 11 is 3.30. The Kier molecular flexibility index (Phi) is 6.07. The van der Waals surface area contributed by atoms with E-state index in [0.29, 0.717) is 21.6 Å². The van der Waals surface area contributed by atoms with Crippen molar-refractivity contribution in [2.75, 3.05) is 27.7 Å². The molecule has 0 fully saturated rings. The summed E-state index contributed by atoms with van der Waals surface area (Å²) in [4.78, 5) is 14.6. The number of halogens is 1. The largest absolute Gasteiger partial charge is 0.496 e. The van der Waals surface area contributed by atoms with E-state index < -0.39 is 0 Å². The summed E-state index contributed by atoms with van der Waals surface area (Å²) in [5, 5.41) is 3.87. The molecule has 0 aliphatic heterocycles. The second-order valence-electron chi connectivity index (χ2n) is 5.96. The quantitative estimate of drug-likeness (QED) is 0.793. The smallest absolute Gasteiger partial charge is 0.251 e. The summed E-state index contributed by atoms with van der Waals surface area (Å²) in [6.07, 6.45) is 1.98. The number of fused-ring (bicyclic) bond motifs is 1. The van der Waals surface area contributed by atoms with Crippen molar-refractivity contribution in [3.8, 4) is 5.75 Å². The molecular formula is C17H23BrN2O3. The zero-order chi connectivity index (χ0) is 17.0. The first-order valence-electron chi connectivity index (χ1n) is 7.63. The van der Waals surface area contributed by atoms with Gasteiger partial charge >= 0.3 is 0 Å². The molecule has 0 aliphatic rings. The molecule has 0 saturated carbocycles. The van der Waals surface area contributed by atoms with Gasteiger partial charge in [-0.05, 0) is 68.5 Å². The molecule has 1 heterocycles. The van der Waals surface area contributed by atoms with Gasteiger partial charge in [0, 0.05) is 17.7 Å². The number of furan rings is 1. The molecule has 0 radical (unpaired) electrons. The van der Waals surface area contributed by atoms with Gasteiger partial charge in [-0.15, -0.1) is 0 Å². The molecule has 1 amide bonds. The van der Waals surface area contributed by atoms with Gasteiger partial charge in [0.25, 0.3) is 5.91 Å². The number of carbonyl (C=O) groups is 1. The van der Waals surface area contributed by atoms with Crippen molar-refractivity contribution in [2.45, 2.75) is 25.8 Å². The van der Waals surface area contributed by atoms with E-state index in [0.717, 1.165) is 24.8 Å². The Morgan fingerprint density at radius 2 is 2.13 bits per heavy atom. The van der Waals surface area contributed by atoms with Crippen molar-refractivity contribution >= 4 is 32.8 Å². The Balaban J connectivity index is 2.08. The number of hydrogen-bond donors (Lipinski definition) is 1. The van der Waals surface area contributed by atoms with Gasteiger partial charge in [0.05, 0.1) is 12.5 Å². The molecule has 2 rings (SSSR count). The Hall–Kier alpha value is -1.53. The van der Waals surface area contributed by atoms with Crippen molar-refractivity contribution in [3.05, 3.63) is 28.4 Å². The summed E-state index contributed by atoms with van der Waals surface area (Å²) in [5.41, 5.74) is 1.16. The third kappa shape index (κ3) is 4.72. The minimum absolute atomic E-state index is 0.116. The lowest BCUT2D eigenvalue weighted by atomic mass is 10.1. The molecular weight excluding hydrogens is 360 g/mol. The number of benzene rings is 1. The highest BCUT2D eigenvalue weighted by atomic mass is 79.9. The number of methoxy groups -OCH3 is 1. The van der Waals surface area contributed by atoms with Crippen molar-refractivity contribution in [3.63, 3.8) is 0 Å². The fraction of sp³-hybridized carbons (Fsp3) is 0.471. The van der Waals surface area contributed by atoms with E-state index in [-0.39, 0.29) is 11.9 Å². The van der Waals surface area contributed by atoms with Gasteiger partial charge in [-0.3, -0.25) is 4.79 Å². The number of nitrogens with one attached hydrogen (secondary N) is 1. The first-order chi connectivity index (χ1) is 10.9. The predicted octanol–water partition coefficient (Wildman–Crippen LogP) is 3.66. The summed E-state index contributed by atoms with van der Waals surface area (Å²) in [5.74, 6) is 0.512. The van der Waals surface area contributed by atoms with Gasteiger partial charge in [0.1, 0.15) is 11.3 Å². The zero-order valence-electron chi connectivity index (χ0n) is 14.0. The monoisotopic (exact) mass is 382 g/mol. The van der Waals surface area contributed by atoms with Gasteiger partial charge in [-0.2, -0.15) is 0 Å². The molecule has 1 aromatic heterocycles. The Labute approximate surface area is 145 Å². The second-order valence-corrected chi connectivity index (χ2v) is 6.74. The van der Waals surface area contributed by atoms with Crippen LogP contribution in [0.1, 0.15) is 30.1 Å². The average Bonchev–Trinajstić information content (AvgIpc) is 2.85. The van der Waals surface area contributed by atoms with E-state index in [4.69, 9.17) is 9.15 Å². The van der Waals surface area contributed by atoms with Crippen LogP contribution in [0.5, 0.6) is 5.75 Å². The Morgan fingerprint density at radius 3 is 2.78 bits per heavy atom. The van der Waals surface area contributed by atoms with Crippen LogP contribution in [0.3, 0.4) is 0 Å². The highest BCUT2D eigenvalue weighted by Gasteiger charge is 2.15. The van der Waals surface area contributed by atoms with Crippen LogP contribution in [0.25, 0.3) is 11.0 Å². The van der Waals surface area contributed by atoms with Gasteiger partial charge in [-0.1, -0.05) is 0 Å². The summed E-state index contributed by atoms with van der Waals surface area (Å²) in [7, 11) is 5.68. The lowest BCUT2D eigenvalue weighted by Gasteiger charge is -2.16. The molecule has 126 valence electrons. The van der Waals surface area contributed by atoms with E-state index in [1.807, 2.05) is 27.1 Å². The topological polar surface area (TPSA) is 54.7 Å². The number of rotatable bonds is 7. The summed E-state index contributed by atoms with van der Waals surface area (Å²) < 4.78 is 11.5. The Bertz CT molecular complexity index is 682. The molecule has 6 heteroatoms. The van der Waals surface area contributed by atoms with E-state index in [1.165, 1.54) is 0 Å². The number of amides is 1. The molecule has 0 bridgehead atoms. The third-order valence-corrected chi connectivity index (χ3v) is 4.06.